The van der Waals surface area contributed by atoms with Crippen LogP contribution in [0.25, 0.3) is 11.0 Å². The number of aromatic nitrogens is 4. The van der Waals surface area contributed by atoms with Crippen molar-refractivity contribution in [3.63, 3.8) is 0 Å². The maximum atomic E-state index is 11.0. The molecule has 0 bridgehead atoms. The quantitative estimate of drug-likeness (QED) is 0.685. The lowest BCUT2D eigenvalue weighted by atomic mass is 10.2. The normalized spacial score (nSPS) is 11.2. The average molecular weight is 285 g/mol. The van der Waals surface area contributed by atoms with E-state index < -0.39 is 5.97 Å². The first kappa shape index (κ1) is 13.2. The second-order valence-electron chi connectivity index (χ2n) is 5.00. The van der Waals surface area contributed by atoms with Crippen molar-refractivity contribution >= 4 is 28.9 Å². The lowest BCUT2D eigenvalue weighted by molar-refractivity contribution is 0.0697. The summed E-state index contributed by atoms with van der Waals surface area (Å²) in [5.41, 5.74) is 1.59. The summed E-state index contributed by atoms with van der Waals surface area (Å²) in [5.74, 6) is 0.250. The summed E-state index contributed by atoms with van der Waals surface area (Å²) in [7, 11) is 0. The Bertz CT molecular complexity index is 803. The molecule has 3 N–H and O–H groups in total. The van der Waals surface area contributed by atoms with Crippen molar-refractivity contribution in [3.8, 4) is 0 Å². The van der Waals surface area contributed by atoms with Crippen LogP contribution in [0.15, 0.2) is 30.6 Å². The van der Waals surface area contributed by atoms with Gasteiger partial charge >= 0.3 is 5.97 Å². The van der Waals surface area contributed by atoms with Crippen LogP contribution in [0.2, 0.25) is 0 Å². The number of imidazole rings is 2. The fraction of sp³-hybridized carbons (Fsp3) is 0.214. The van der Waals surface area contributed by atoms with E-state index in [4.69, 9.17) is 5.11 Å². The number of rotatable bonds is 4. The SMILES string of the molecule is CC(C)n1ccnc1Nc1nc2ccc(C(=O)O)cc2[nH]1. The number of H-pyrrole nitrogens is 1. The number of benzene rings is 1. The summed E-state index contributed by atoms with van der Waals surface area (Å²) in [6, 6.07) is 5.04. The van der Waals surface area contributed by atoms with Gasteiger partial charge in [0.25, 0.3) is 0 Å². The first-order valence-corrected chi connectivity index (χ1v) is 6.57. The number of hydrogen-bond acceptors (Lipinski definition) is 4. The first-order chi connectivity index (χ1) is 10.0. The van der Waals surface area contributed by atoms with Crippen LogP contribution in [0.1, 0.15) is 30.2 Å². The highest BCUT2D eigenvalue weighted by molar-refractivity contribution is 5.92. The Morgan fingerprint density at radius 1 is 1.43 bits per heavy atom. The van der Waals surface area contributed by atoms with Crippen LogP contribution in [0.5, 0.6) is 0 Å². The number of anilines is 2. The molecule has 0 atom stereocenters. The molecule has 0 spiro atoms. The van der Waals surface area contributed by atoms with Crippen LogP contribution in [-0.4, -0.2) is 30.6 Å². The monoisotopic (exact) mass is 285 g/mol. The molecular weight excluding hydrogens is 270 g/mol. The van der Waals surface area contributed by atoms with E-state index in [2.05, 4.69) is 34.1 Å². The third kappa shape index (κ3) is 2.45. The number of nitrogens with zero attached hydrogens (tertiary/aromatic N) is 3. The smallest absolute Gasteiger partial charge is 0.335 e. The van der Waals surface area contributed by atoms with E-state index in [1.165, 1.54) is 6.07 Å². The standard InChI is InChI=1S/C14H15N5O2/c1-8(2)19-6-5-15-14(19)18-13-16-10-4-3-9(12(20)21)7-11(10)17-13/h3-8H,1-2H3,(H,20,21)(H2,15,16,17,18). The largest absolute Gasteiger partial charge is 0.478 e. The molecule has 7 heteroatoms. The Morgan fingerprint density at radius 3 is 2.95 bits per heavy atom. The maximum absolute atomic E-state index is 11.0. The lowest BCUT2D eigenvalue weighted by Crippen LogP contribution is -2.05. The van der Waals surface area contributed by atoms with Gasteiger partial charge in [-0.3, -0.25) is 5.32 Å². The molecule has 0 unspecified atom stereocenters. The second-order valence-corrected chi connectivity index (χ2v) is 5.00. The average Bonchev–Trinajstić information content (AvgIpc) is 3.03. The predicted octanol–water partition coefficient (Wildman–Crippen LogP) is 2.78. The summed E-state index contributed by atoms with van der Waals surface area (Å²) < 4.78 is 1.98. The number of carboxylic acid groups (broad SMARTS) is 1. The van der Waals surface area contributed by atoms with Crippen molar-refractivity contribution < 1.29 is 9.90 Å². The van der Waals surface area contributed by atoms with Gasteiger partial charge in [-0.25, -0.2) is 14.8 Å². The van der Waals surface area contributed by atoms with Gasteiger partial charge in [-0.1, -0.05) is 0 Å². The third-order valence-corrected chi connectivity index (χ3v) is 3.18. The topological polar surface area (TPSA) is 95.8 Å². The van der Waals surface area contributed by atoms with Crippen molar-refractivity contribution in [2.45, 2.75) is 19.9 Å². The van der Waals surface area contributed by atoms with Gasteiger partial charge in [-0.2, -0.15) is 0 Å². The minimum atomic E-state index is -0.962. The van der Waals surface area contributed by atoms with Crippen LogP contribution in [-0.2, 0) is 0 Å². The van der Waals surface area contributed by atoms with Crippen molar-refractivity contribution in [3.05, 3.63) is 36.2 Å². The van der Waals surface area contributed by atoms with Crippen LogP contribution in [0.4, 0.5) is 11.9 Å². The van der Waals surface area contributed by atoms with E-state index in [1.807, 2.05) is 10.8 Å². The Labute approximate surface area is 120 Å². The zero-order chi connectivity index (χ0) is 15.0. The van der Waals surface area contributed by atoms with Crippen molar-refractivity contribution in [1.82, 2.24) is 19.5 Å². The fourth-order valence-electron chi connectivity index (χ4n) is 2.13. The molecule has 0 aliphatic heterocycles. The van der Waals surface area contributed by atoms with Gasteiger partial charge in [0, 0.05) is 18.4 Å². The summed E-state index contributed by atoms with van der Waals surface area (Å²) in [5, 5.41) is 12.1. The summed E-state index contributed by atoms with van der Waals surface area (Å²) in [4.78, 5) is 22.6. The number of nitrogens with one attached hydrogen (secondary N) is 2. The Balaban J connectivity index is 1.94. The van der Waals surface area contributed by atoms with E-state index in [0.717, 1.165) is 0 Å². The Hall–Kier alpha value is -2.83. The fourth-order valence-corrected chi connectivity index (χ4v) is 2.13. The molecule has 21 heavy (non-hydrogen) atoms. The minimum Gasteiger partial charge on any atom is -0.478 e. The van der Waals surface area contributed by atoms with Gasteiger partial charge in [-0.15, -0.1) is 0 Å². The maximum Gasteiger partial charge on any atom is 0.335 e. The van der Waals surface area contributed by atoms with E-state index >= 15 is 0 Å². The molecule has 0 saturated heterocycles. The van der Waals surface area contributed by atoms with Gasteiger partial charge in [0.1, 0.15) is 0 Å². The van der Waals surface area contributed by atoms with Crippen LogP contribution < -0.4 is 5.32 Å². The van der Waals surface area contributed by atoms with Gasteiger partial charge in [0.05, 0.1) is 16.6 Å². The van der Waals surface area contributed by atoms with E-state index in [-0.39, 0.29) is 11.6 Å². The molecule has 0 fully saturated rings. The van der Waals surface area contributed by atoms with Gasteiger partial charge in [-0.05, 0) is 32.0 Å². The Morgan fingerprint density at radius 2 is 2.24 bits per heavy atom. The zero-order valence-corrected chi connectivity index (χ0v) is 11.7. The third-order valence-electron chi connectivity index (χ3n) is 3.18. The molecule has 3 aromatic rings. The van der Waals surface area contributed by atoms with Gasteiger partial charge in [0.2, 0.25) is 11.9 Å². The molecule has 108 valence electrons. The van der Waals surface area contributed by atoms with E-state index in [1.54, 1.807) is 18.3 Å². The zero-order valence-electron chi connectivity index (χ0n) is 11.7. The van der Waals surface area contributed by atoms with Crippen LogP contribution in [0.3, 0.4) is 0 Å². The van der Waals surface area contributed by atoms with Crippen LogP contribution >= 0.6 is 0 Å². The Kier molecular flexibility index (Phi) is 3.09. The molecule has 2 heterocycles. The summed E-state index contributed by atoms with van der Waals surface area (Å²) >= 11 is 0. The number of carboxylic acids is 1. The number of aromatic amines is 1. The highest BCUT2D eigenvalue weighted by atomic mass is 16.4. The minimum absolute atomic E-state index is 0.224. The van der Waals surface area contributed by atoms with E-state index in [9.17, 15) is 4.79 Å². The molecule has 0 radical (unpaired) electrons. The molecule has 2 aromatic heterocycles. The molecule has 0 aliphatic carbocycles. The van der Waals surface area contributed by atoms with Crippen LogP contribution in [0, 0.1) is 0 Å². The van der Waals surface area contributed by atoms with Crippen molar-refractivity contribution in [1.29, 1.82) is 0 Å². The van der Waals surface area contributed by atoms with E-state index in [0.29, 0.717) is 22.9 Å². The summed E-state index contributed by atoms with van der Waals surface area (Å²) in [6.07, 6.45) is 3.60. The number of carbonyl (C=O) groups is 1. The van der Waals surface area contributed by atoms with Gasteiger partial charge < -0.3 is 14.7 Å². The van der Waals surface area contributed by atoms with Crippen molar-refractivity contribution in [2.24, 2.45) is 0 Å². The van der Waals surface area contributed by atoms with Gasteiger partial charge in [0.15, 0.2) is 0 Å². The van der Waals surface area contributed by atoms with Crippen molar-refractivity contribution in [2.75, 3.05) is 5.32 Å². The number of hydrogen-bond donors (Lipinski definition) is 3. The molecule has 0 amide bonds. The number of aromatic carboxylic acids is 1. The summed E-state index contributed by atoms with van der Waals surface area (Å²) in [6.45, 7) is 4.12. The highest BCUT2D eigenvalue weighted by Crippen LogP contribution is 2.20. The second kappa shape index (κ2) is 4.93. The molecule has 0 aliphatic rings. The first-order valence-electron chi connectivity index (χ1n) is 6.57. The highest BCUT2D eigenvalue weighted by Gasteiger charge is 2.10. The molecule has 1 aromatic carbocycles. The molecule has 7 nitrogen and oxygen atoms in total. The molecule has 0 saturated carbocycles. The molecule has 3 rings (SSSR count). The predicted molar refractivity (Wildman–Crippen MR) is 78.9 cm³/mol. The molecular formula is C14H15N5O2. The number of fused-ring (bicyclic) bond motifs is 1. The lowest BCUT2D eigenvalue weighted by Gasteiger charge is -2.10.